The predicted octanol–water partition coefficient (Wildman–Crippen LogP) is 2.81. The Morgan fingerprint density at radius 2 is 1.50 bits per heavy atom. The largest absolute Gasteiger partial charge is 0.379 e. The summed E-state index contributed by atoms with van der Waals surface area (Å²) in [5.41, 5.74) is 0. The third-order valence-corrected chi connectivity index (χ3v) is 2.37. The highest BCUT2D eigenvalue weighted by atomic mass is 16.7. The van der Waals surface area contributed by atoms with Crippen molar-refractivity contribution in [3.8, 4) is 0 Å². The maximum atomic E-state index is 5.62. The van der Waals surface area contributed by atoms with E-state index in [0.717, 1.165) is 32.3 Å². The van der Waals surface area contributed by atoms with E-state index in [2.05, 4.69) is 20.8 Å². The SMILES string of the molecule is [CH2]COCCOC(COCCCC)OCCCC. The number of ether oxygens (including phenoxy) is 4. The van der Waals surface area contributed by atoms with Crippen molar-refractivity contribution in [2.24, 2.45) is 0 Å². The molecule has 1 atom stereocenters. The molecule has 0 fully saturated rings. The average Bonchev–Trinajstić information content (AvgIpc) is 2.39. The van der Waals surface area contributed by atoms with E-state index in [1.807, 2.05) is 0 Å². The molecule has 0 aliphatic heterocycles. The first-order chi connectivity index (χ1) is 8.85. The molecule has 0 aromatic carbocycles. The van der Waals surface area contributed by atoms with Crippen LogP contribution in [0.1, 0.15) is 39.5 Å². The molecule has 0 aliphatic carbocycles. The van der Waals surface area contributed by atoms with Gasteiger partial charge in [0.05, 0.1) is 19.8 Å². The Bertz CT molecular complexity index is 141. The topological polar surface area (TPSA) is 36.9 Å². The molecule has 4 nitrogen and oxygen atoms in total. The molecule has 0 rings (SSSR count). The molecule has 0 bridgehead atoms. The van der Waals surface area contributed by atoms with Gasteiger partial charge in [0.2, 0.25) is 0 Å². The van der Waals surface area contributed by atoms with Gasteiger partial charge < -0.3 is 18.9 Å². The molecule has 0 aliphatic rings. The molecule has 0 spiro atoms. The van der Waals surface area contributed by atoms with E-state index >= 15 is 0 Å². The highest BCUT2D eigenvalue weighted by molar-refractivity contribution is 4.45. The van der Waals surface area contributed by atoms with Crippen LogP contribution in [-0.2, 0) is 18.9 Å². The Morgan fingerprint density at radius 1 is 0.833 bits per heavy atom. The summed E-state index contributed by atoms with van der Waals surface area (Å²) >= 11 is 0. The zero-order chi connectivity index (χ0) is 13.5. The Kier molecular flexibility index (Phi) is 14.8. The molecule has 0 aromatic rings. The number of rotatable bonds is 14. The van der Waals surface area contributed by atoms with Crippen molar-refractivity contribution in [1.82, 2.24) is 0 Å². The van der Waals surface area contributed by atoms with Crippen LogP contribution in [0.15, 0.2) is 0 Å². The van der Waals surface area contributed by atoms with Crippen molar-refractivity contribution in [1.29, 1.82) is 0 Å². The molecule has 0 N–H and O–H groups in total. The third-order valence-electron chi connectivity index (χ3n) is 2.37. The number of hydrogen-bond donors (Lipinski definition) is 0. The maximum Gasteiger partial charge on any atom is 0.180 e. The molecule has 109 valence electrons. The van der Waals surface area contributed by atoms with E-state index in [-0.39, 0.29) is 6.29 Å². The Labute approximate surface area is 112 Å². The number of unbranched alkanes of at least 4 members (excludes halogenated alkanes) is 2. The van der Waals surface area contributed by atoms with Crippen LogP contribution in [0.2, 0.25) is 0 Å². The number of hydrogen-bond acceptors (Lipinski definition) is 4. The van der Waals surface area contributed by atoms with Crippen LogP contribution >= 0.6 is 0 Å². The Balaban J connectivity index is 3.62. The second-order valence-electron chi connectivity index (χ2n) is 4.07. The van der Waals surface area contributed by atoms with E-state index in [4.69, 9.17) is 18.9 Å². The molecule has 1 radical (unpaired) electrons. The first-order valence-corrected chi connectivity index (χ1v) is 7.03. The van der Waals surface area contributed by atoms with Gasteiger partial charge in [-0.3, -0.25) is 0 Å². The van der Waals surface area contributed by atoms with E-state index < -0.39 is 0 Å². The molecule has 18 heavy (non-hydrogen) atoms. The molecule has 1 unspecified atom stereocenters. The lowest BCUT2D eigenvalue weighted by Crippen LogP contribution is -2.26. The quantitative estimate of drug-likeness (QED) is 0.356. The average molecular weight is 261 g/mol. The second-order valence-corrected chi connectivity index (χ2v) is 4.07. The van der Waals surface area contributed by atoms with E-state index in [1.54, 1.807) is 0 Å². The van der Waals surface area contributed by atoms with Gasteiger partial charge in [-0.2, -0.15) is 0 Å². The van der Waals surface area contributed by atoms with Gasteiger partial charge in [0.1, 0.15) is 0 Å². The Morgan fingerprint density at radius 3 is 2.17 bits per heavy atom. The van der Waals surface area contributed by atoms with E-state index in [1.165, 1.54) is 0 Å². The van der Waals surface area contributed by atoms with Gasteiger partial charge in [0.25, 0.3) is 0 Å². The van der Waals surface area contributed by atoms with Crippen LogP contribution in [0.5, 0.6) is 0 Å². The standard InChI is InChI=1S/C14H29O4/c1-4-7-9-16-13-14(17-10-8-5-2)18-12-11-15-6-3/h14H,3-13H2,1-2H3. The second kappa shape index (κ2) is 14.9. The van der Waals surface area contributed by atoms with Crippen molar-refractivity contribution < 1.29 is 18.9 Å². The lowest BCUT2D eigenvalue weighted by molar-refractivity contribution is -0.178. The monoisotopic (exact) mass is 261 g/mol. The Hall–Kier alpha value is -0.160. The molecule has 0 amide bonds. The van der Waals surface area contributed by atoms with Crippen molar-refractivity contribution in [2.45, 2.75) is 45.8 Å². The summed E-state index contributed by atoms with van der Waals surface area (Å²) in [6, 6.07) is 0. The van der Waals surface area contributed by atoms with Crippen molar-refractivity contribution in [3.63, 3.8) is 0 Å². The van der Waals surface area contributed by atoms with Crippen LogP contribution in [-0.4, -0.2) is 45.9 Å². The van der Waals surface area contributed by atoms with Gasteiger partial charge in [0, 0.05) is 19.8 Å². The minimum atomic E-state index is -0.276. The molecular weight excluding hydrogens is 232 g/mol. The molecule has 0 heterocycles. The van der Waals surface area contributed by atoms with Crippen LogP contribution in [0.3, 0.4) is 0 Å². The lowest BCUT2D eigenvalue weighted by atomic mass is 10.4. The first kappa shape index (κ1) is 17.8. The van der Waals surface area contributed by atoms with E-state index in [9.17, 15) is 0 Å². The minimum absolute atomic E-state index is 0.276. The van der Waals surface area contributed by atoms with E-state index in [0.29, 0.717) is 33.0 Å². The molecule has 0 aromatic heterocycles. The van der Waals surface area contributed by atoms with Gasteiger partial charge >= 0.3 is 0 Å². The summed E-state index contributed by atoms with van der Waals surface area (Å²) in [6.45, 7) is 11.4. The van der Waals surface area contributed by atoms with Crippen LogP contribution < -0.4 is 0 Å². The smallest absolute Gasteiger partial charge is 0.180 e. The summed E-state index contributed by atoms with van der Waals surface area (Å²) in [7, 11) is 0. The lowest BCUT2D eigenvalue weighted by Gasteiger charge is -2.18. The zero-order valence-corrected chi connectivity index (χ0v) is 12.0. The van der Waals surface area contributed by atoms with Crippen LogP contribution in [0.25, 0.3) is 0 Å². The summed E-state index contributed by atoms with van der Waals surface area (Å²) in [5.74, 6) is 0. The highest BCUT2D eigenvalue weighted by Gasteiger charge is 2.09. The van der Waals surface area contributed by atoms with Crippen molar-refractivity contribution in [3.05, 3.63) is 6.92 Å². The van der Waals surface area contributed by atoms with Gasteiger partial charge in [-0.05, 0) is 19.8 Å². The molecule has 4 heteroatoms. The van der Waals surface area contributed by atoms with Gasteiger partial charge in [-0.15, -0.1) is 0 Å². The van der Waals surface area contributed by atoms with Gasteiger partial charge in [0.15, 0.2) is 6.29 Å². The highest BCUT2D eigenvalue weighted by Crippen LogP contribution is 2.00. The predicted molar refractivity (Wildman–Crippen MR) is 72.5 cm³/mol. The van der Waals surface area contributed by atoms with Crippen LogP contribution in [0.4, 0.5) is 0 Å². The maximum absolute atomic E-state index is 5.62. The van der Waals surface area contributed by atoms with Crippen molar-refractivity contribution in [2.75, 3.05) is 39.6 Å². The molecular formula is C14H29O4. The molecule has 0 saturated carbocycles. The molecule has 0 saturated heterocycles. The van der Waals surface area contributed by atoms with Crippen molar-refractivity contribution >= 4 is 0 Å². The fourth-order valence-electron chi connectivity index (χ4n) is 1.27. The summed E-state index contributed by atoms with van der Waals surface area (Å²) in [5, 5.41) is 0. The fourth-order valence-corrected chi connectivity index (χ4v) is 1.27. The third kappa shape index (κ3) is 12.3. The minimum Gasteiger partial charge on any atom is -0.379 e. The van der Waals surface area contributed by atoms with Crippen LogP contribution in [0, 0.1) is 6.92 Å². The summed E-state index contributed by atoms with van der Waals surface area (Å²) in [6.07, 6.45) is 4.10. The van der Waals surface area contributed by atoms with Gasteiger partial charge in [-0.1, -0.05) is 26.7 Å². The first-order valence-electron chi connectivity index (χ1n) is 7.03. The zero-order valence-electron chi connectivity index (χ0n) is 12.0. The normalized spacial score (nSPS) is 12.8. The summed E-state index contributed by atoms with van der Waals surface area (Å²) < 4.78 is 21.8. The summed E-state index contributed by atoms with van der Waals surface area (Å²) in [4.78, 5) is 0. The fraction of sp³-hybridized carbons (Fsp3) is 0.929. The van der Waals surface area contributed by atoms with Gasteiger partial charge in [-0.25, -0.2) is 0 Å².